The molecule has 0 radical (unpaired) electrons. The molecule has 4 nitrogen and oxygen atoms in total. The van der Waals surface area contributed by atoms with E-state index in [1.165, 1.54) is 52.4 Å². The molecule has 0 amide bonds. The van der Waals surface area contributed by atoms with Crippen LogP contribution in [-0.2, 0) is 0 Å². The van der Waals surface area contributed by atoms with Crippen LogP contribution < -0.4 is 0 Å². The number of hydrogen-bond acceptors (Lipinski definition) is 4. The Labute approximate surface area is 168 Å². The van der Waals surface area contributed by atoms with E-state index in [-0.39, 0.29) is 0 Å². The molecule has 0 N–H and O–H groups in total. The molecule has 0 aromatic heterocycles. The lowest BCUT2D eigenvalue weighted by molar-refractivity contribution is 0.145. The number of nitrogens with zero attached hydrogens (tertiary/aromatic N) is 4. The highest BCUT2D eigenvalue weighted by Gasteiger charge is 2.13. The van der Waals surface area contributed by atoms with Gasteiger partial charge in [0.25, 0.3) is 0 Å². The van der Waals surface area contributed by atoms with Gasteiger partial charge in [-0.05, 0) is 35.0 Å². The third-order valence-electron chi connectivity index (χ3n) is 4.00. The van der Waals surface area contributed by atoms with Gasteiger partial charge in [0.05, 0.1) is 0 Å². The van der Waals surface area contributed by atoms with Crippen LogP contribution in [0.25, 0.3) is 0 Å². The second-order valence-corrected chi connectivity index (χ2v) is 6.04. The summed E-state index contributed by atoms with van der Waals surface area (Å²) in [6, 6.07) is 0.650. The molecule has 4 heteroatoms. The Hall–Kier alpha value is -0.160. The van der Waals surface area contributed by atoms with Crippen molar-refractivity contribution in [2.45, 2.75) is 75.3 Å². The summed E-state index contributed by atoms with van der Waals surface area (Å²) in [6.45, 7) is 30.0. The van der Waals surface area contributed by atoms with Crippen molar-refractivity contribution in [3.05, 3.63) is 0 Å². The second kappa shape index (κ2) is 27.1. The summed E-state index contributed by atoms with van der Waals surface area (Å²) in [4.78, 5) is 9.95. The molecular formula is C22H56N4. The molecule has 0 saturated carbocycles. The fourth-order valence-electron chi connectivity index (χ4n) is 2.24. The van der Waals surface area contributed by atoms with E-state index in [0.717, 1.165) is 0 Å². The molecule has 0 bridgehead atoms. The minimum absolute atomic E-state index is 0.650. The van der Waals surface area contributed by atoms with E-state index in [0.29, 0.717) is 6.04 Å². The van der Waals surface area contributed by atoms with E-state index < -0.39 is 0 Å². The lowest BCUT2D eigenvalue weighted by Gasteiger charge is -2.32. The maximum atomic E-state index is 2.60. The summed E-state index contributed by atoms with van der Waals surface area (Å²) < 4.78 is 0. The van der Waals surface area contributed by atoms with Crippen molar-refractivity contribution < 1.29 is 0 Å². The fourth-order valence-corrected chi connectivity index (χ4v) is 2.24. The first kappa shape index (κ1) is 33.4. The Morgan fingerprint density at radius 2 is 0.615 bits per heavy atom. The molecule has 0 atom stereocenters. The van der Waals surface area contributed by atoms with Crippen LogP contribution in [0.1, 0.15) is 69.2 Å². The SMILES string of the molecule is CC.CC.CC.CC.CC(C)N1CCN(C)CCN(C)CCN(C)CC1. The van der Waals surface area contributed by atoms with Gasteiger partial charge in [-0.15, -0.1) is 0 Å². The third-order valence-corrected chi connectivity index (χ3v) is 4.00. The summed E-state index contributed by atoms with van der Waals surface area (Å²) in [6.07, 6.45) is 0. The molecule has 1 rings (SSSR count). The Balaban J connectivity index is -0.000000266. The van der Waals surface area contributed by atoms with Gasteiger partial charge in [0.15, 0.2) is 0 Å². The molecular weight excluding hydrogens is 320 g/mol. The number of likely N-dealkylation sites (N-methyl/N-ethyl adjacent to an activating group) is 3. The highest BCUT2D eigenvalue weighted by atomic mass is 15.2. The largest absolute Gasteiger partial charge is 0.304 e. The average molecular weight is 377 g/mol. The van der Waals surface area contributed by atoms with E-state index in [1.54, 1.807) is 0 Å². The van der Waals surface area contributed by atoms with Crippen molar-refractivity contribution in [3.8, 4) is 0 Å². The normalized spacial score (nSPS) is 18.2. The minimum atomic E-state index is 0.650. The zero-order valence-corrected chi connectivity index (χ0v) is 21.0. The van der Waals surface area contributed by atoms with Gasteiger partial charge in [0.2, 0.25) is 0 Å². The highest BCUT2D eigenvalue weighted by Crippen LogP contribution is 2.00. The Morgan fingerprint density at radius 1 is 0.423 bits per heavy atom. The molecule has 0 aromatic carbocycles. The Morgan fingerprint density at radius 3 is 0.808 bits per heavy atom. The van der Waals surface area contributed by atoms with Gasteiger partial charge in [-0.25, -0.2) is 0 Å². The predicted octanol–water partition coefficient (Wildman–Crippen LogP) is 4.61. The van der Waals surface area contributed by atoms with Gasteiger partial charge in [-0.3, -0.25) is 4.90 Å². The molecule has 26 heavy (non-hydrogen) atoms. The maximum Gasteiger partial charge on any atom is 0.0112 e. The molecule has 164 valence electrons. The van der Waals surface area contributed by atoms with Crippen LogP contribution in [0.5, 0.6) is 0 Å². The summed E-state index contributed by atoms with van der Waals surface area (Å²) in [5, 5.41) is 0. The van der Waals surface area contributed by atoms with Crippen molar-refractivity contribution in [1.29, 1.82) is 0 Å². The summed E-state index contributed by atoms with van der Waals surface area (Å²) in [5.74, 6) is 0. The van der Waals surface area contributed by atoms with Crippen molar-refractivity contribution in [2.75, 3.05) is 73.5 Å². The molecule has 1 aliphatic rings. The van der Waals surface area contributed by atoms with Gasteiger partial charge < -0.3 is 14.7 Å². The lowest BCUT2D eigenvalue weighted by atomic mass is 10.3. The smallest absolute Gasteiger partial charge is 0.0112 e. The van der Waals surface area contributed by atoms with E-state index in [1.807, 2.05) is 55.4 Å². The van der Waals surface area contributed by atoms with E-state index in [2.05, 4.69) is 54.6 Å². The molecule has 0 unspecified atom stereocenters. The van der Waals surface area contributed by atoms with Crippen LogP contribution in [-0.4, -0.2) is 99.1 Å². The van der Waals surface area contributed by atoms with Crippen molar-refractivity contribution in [1.82, 2.24) is 19.6 Å². The Kier molecular flexibility index (Phi) is 34.8. The molecule has 0 aromatic rings. The topological polar surface area (TPSA) is 13.0 Å². The number of rotatable bonds is 1. The highest BCUT2D eigenvalue weighted by molar-refractivity contribution is 4.69. The summed E-state index contributed by atoms with van der Waals surface area (Å²) in [5.41, 5.74) is 0. The van der Waals surface area contributed by atoms with Crippen LogP contribution >= 0.6 is 0 Å². The van der Waals surface area contributed by atoms with E-state index in [4.69, 9.17) is 0 Å². The summed E-state index contributed by atoms with van der Waals surface area (Å²) in [7, 11) is 6.71. The minimum Gasteiger partial charge on any atom is -0.304 e. The molecule has 1 fully saturated rings. The monoisotopic (exact) mass is 376 g/mol. The van der Waals surface area contributed by atoms with Crippen LogP contribution in [0.2, 0.25) is 0 Å². The quantitative estimate of drug-likeness (QED) is 0.662. The fraction of sp³-hybridized carbons (Fsp3) is 1.00. The standard InChI is InChI=1S/C14H32N4.4C2H6/c1-14(2)18-12-10-16(4)8-6-15(3)7-9-17(5)11-13-18;4*1-2/h14H,6-13H2,1-5H3;4*1-2H3. The Bertz CT molecular complexity index is 204. The number of hydrogen-bond donors (Lipinski definition) is 0. The van der Waals surface area contributed by atoms with Crippen molar-refractivity contribution >= 4 is 0 Å². The second-order valence-electron chi connectivity index (χ2n) is 6.04. The summed E-state index contributed by atoms with van der Waals surface area (Å²) >= 11 is 0. The first-order valence-electron chi connectivity index (χ1n) is 11.3. The van der Waals surface area contributed by atoms with Crippen LogP contribution in [0.15, 0.2) is 0 Å². The first-order chi connectivity index (χ1) is 12.5. The van der Waals surface area contributed by atoms with Gasteiger partial charge >= 0.3 is 0 Å². The van der Waals surface area contributed by atoms with Crippen molar-refractivity contribution in [3.63, 3.8) is 0 Å². The van der Waals surface area contributed by atoms with Gasteiger partial charge in [-0.2, -0.15) is 0 Å². The van der Waals surface area contributed by atoms with Crippen molar-refractivity contribution in [2.24, 2.45) is 0 Å². The third kappa shape index (κ3) is 21.9. The van der Waals surface area contributed by atoms with Gasteiger partial charge in [0.1, 0.15) is 0 Å². The molecule has 0 aliphatic carbocycles. The van der Waals surface area contributed by atoms with Crippen LogP contribution in [0.3, 0.4) is 0 Å². The molecule has 0 spiro atoms. The molecule has 1 heterocycles. The zero-order chi connectivity index (χ0) is 21.5. The van der Waals surface area contributed by atoms with Gasteiger partial charge in [-0.1, -0.05) is 55.4 Å². The maximum absolute atomic E-state index is 2.60. The molecule has 1 saturated heterocycles. The van der Waals surface area contributed by atoms with Gasteiger partial charge in [0, 0.05) is 58.4 Å². The van der Waals surface area contributed by atoms with E-state index >= 15 is 0 Å². The lowest BCUT2D eigenvalue weighted by Crippen LogP contribution is -2.45. The van der Waals surface area contributed by atoms with Crippen LogP contribution in [0.4, 0.5) is 0 Å². The zero-order valence-electron chi connectivity index (χ0n) is 21.0. The first-order valence-corrected chi connectivity index (χ1v) is 11.3. The predicted molar refractivity (Wildman–Crippen MR) is 125 cm³/mol. The van der Waals surface area contributed by atoms with E-state index in [9.17, 15) is 0 Å². The van der Waals surface area contributed by atoms with Crippen LogP contribution in [0, 0.1) is 0 Å². The average Bonchev–Trinajstić information content (AvgIpc) is 2.69. The molecule has 1 aliphatic heterocycles.